The van der Waals surface area contributed by atoms with Crippen LogP contribution in [0.4, 0.5) is 4.39 Å². The third-order valence-corrected chi connectivity index (χ3v) is 5.27. The van der Waals surface area contributed by atoms with E-state index in [1.165, 1.54) is 17.0 Å². The predicted molar refractivity (Wildman–Crippen MR) is 122 cm³/mol. The quantitative estimate of drug-likeness (QED) is 0.551. The van der Waals surface area contributed by atoms with Crippen molar-refractivity contribution in [1.82, 2.24) is 15.1 Å². The summed E-state index contributed by atoms with van der Waals surface area (Å²) in [4.78, 5) is 20.6. The number of halogens is 1. The average Bonchev–Trinajstić information content (AvgIpc) is 2.79. The highest BCUT2D eigenvalue weighted by Gasteiger charge is 2.28. The second-order valence-corrected chi connectivity index (χ2v) is 8.02. The first-order chi connectivity index (χ1) is 15.4. The second kappa shape index (κ2) is 10.9. The first-order valence-corrected chi connectivity index (χ1v) is 10.6. The van der Waals surface area contributed by atoms with Crippen LogP contribution in [0.1, 0.15) is 24.2 Å². The fraction of sp³-hybridized carbons (Fsp3) is 0.417. The smallest absolute Gasteiger partial charge is 0.241 e. The van der Waals surface area contributed by atoms with E-state index in [-0.39, 0.29) is 30.5 Å². The van der Waals surface area contributed by atoms with Gasteiger partial charge in [-0.15, -0.1) is 0 Å². The van der Waals surface area contributed by atoms with Gasteiger partial charge in [-0.3, -0.25) is 4.79 Å². The van der Waals surface area contributed by atoms with Gasteiger partial charge in [-0.1, -0.05) is 24.3 Å². The number of likely N-dealkylation sites (N-methyl/N-ethyl adjacent to an activating group) is 1. The number of nitrogens with zero attached hydrogens (tertiary/aromatic N) is 3. The van der Waals surface area contributed by atoms with Crippen LogP contribution in [0.3, 0.4) is 0 Å². The summed E-state index contributed by atoms with van der Waals surface area (Å²) in [5, 5.41) is 3.21. The molecular formula is C24H31FN4O3. The fourth-order valence-electron chi connectivity index (χ4n) is 3.46. The van der Waals surface area contributed by atoms with Crippen LogP contribution in [0.25, 0.3) is 0 Å². The molecule has 0 saturated carbocycles. The summed E-state index contributed by atoms with van der Waals surface area (Å²) in [6.45, 7) is 3.76. The van der Waals surface area contributed by atoms with Gasteiger partial charge in [-0.2, -0.15) is 0 Å². The molecule has 172 valence electrons. The zero-order valence-corrected chi connectivity index (χ0v) is 19.0. The fourth-order valence-corrected chi connectivity index (χ4v) is 3.46. The van der Waals surface area contributed by atoms with Crippen LogP contribution >= 0.6 is 0 Å². The van der Waals surface area contributed by atoms with Crippen molar-refractivity contribution in [3.8, 4) is 5.75 Å². The van der Waals surface area contributed by atoms with Gasteiger partial charge in [0.2, 0.25) is 5.91 Å². The molecule has 2 aromatic rings. The van der Waals surface area contributed by atoms with Crippen molar-refractivity contribution in [2.75, 3.05) is 40.8 Å². The molecule has 3 rings (SSSR count). The van der Waals surface area contributed by atoms with Crippen LogP contribution in [0.15, 0.2) is 53.5 Å². The van der Waals surface area contributed by atoms with E-state index >= 15 is 0 Å². The molecule has 32 heavy (non-hydrogen) atoms. The number of rotatable bonds is 6. The summed E-state index contributed by atoms with van der Waals surface area (Å²) in [6, 6.07) is 14.1. The van der Waals surface area contributed by atoms with Crippen LogP contribution in [0, 0.1) is 5.82 Å². The van der Waals surface area contributed by atoms with E-state index in [4.69, 9.17) is 14.5 Å². The SMILES string of the molecule is COc1ccc(CN=C(NCC(=O)N(C)C)N2CC(C)OC(c3ccc(F)cc3)C2)cc1. The lowest BCUT2D eigenvalue weighted by Crippen LogP contribution is -2.52. The van der Waals surface area contributed by atoms with Crippen molar-refractivity contribution in [2.24, 2.45) is 4.99 Å². The number of amides is 1. The minimum absolute atomic E-state index is 0.0430. The maximum Gasteiger partial charge on any atom is 0.241 e. The number of hydrogen-bond donors (Lipinski definition) is 1. The zero-order chi connectivity index (χ0) is 23.1. The molecule has 0 spiro atoms. The van der Waals surface area contributed by atoms with Gasteiger partial charge < -0.3 is 24.6 Å². The molecule has 8 heteroatoms. The number of aliphatic imine (C=N–C) groups is 1. The zero-order valence-electron chi connectivity index (χ0n) is 19.0. The van der Waals surface area contributed by atoms with Gasteiger partial charge >= 0.3 is 0 Å². The predicted octanol–water partition coefficient (Wildman–Crippen LogP) is 2.83. The van der Waals surface area contributed by atoms with Crippen LogP contribution < -0.4 is 10.1 Å². The molecule has 1 N–H and O–H groups in total. The van der Waals surface area contributed by atoms with E-state index in [1.807, 2.05) is 31.2 Å². The molecule has 0 radical (unpaired) electrons. The standard InChI is InChI=1S/C24H31FN4O3/c1-17-15-29(16-22(32-17)19-7-9-20(25)10-8-19)24(27-14-23(30)28(2)3)26-13-18-5-11-21(31-4)12-6-18/h5-12,17,22H,13-16H2,1-4H3,(H,26,27). The molecule has 1 aliphatic rings. The molecule has 1 heterocycles. The summed E-state index contributed by atoms with van der Waals surface area (Å²) in [6.07, 6.45) is -0.284. The normalized spacial score (nSPS) is 18.9. The number of methoxy groups -OCH3 is 1. The molecule has 2 aromatic carbocycles. The van der Waals surface area contributed by atoms with Gasteiger partial charge in [0, 0.05) is 20.6 Å². The van der Waals surface area contributed by atoms with Gasteiger partial charge in [0.25, 0.3) is 0 Å². The maximum atomic E-state index is 13.4. The molecule has 2 unspecified atom stereocenters. The highest BCUT2D eigenvalue weighted by atomic mass is 19.1. The van der Waals surface area contributed by atoms with E-state index < -0.39 is 0 Å². The summed E-state index contributed by atoms with van der Waals surface area (Å²) < 4.78 is 24.7. The topological polar surface area (TPSA) is 66.4 Å². The monoisotopic (exact) mass is 442 g/mol. The molecule has 7 nitrogen and oxygen atoms in total. The second-order valence-electron chi connectivity index (χ2n) is 8.02. The average molecular weight is 443 g/mol. The number of morpholine rings is 1. The lowest BCUT2D eigenvalue weighted by molar-refractivity contribution is -0.127. The first-order valence-electron chi connectivity index (χ1n) is 10.6. The maximum absolute atomic E-state index is 13.4. The van der Waals surface area contributed by atoms with E-state index in [0.717, 1.165) is 16.9 Å². The van der Waals surface area contributed by atoms with Gasteiger partial charge in [-0.05, 0) is 42.3 Å². The Morgan fingerprint density at radius 3 is 2.50 bits per heavy atom. The molecule has 0 aromatic heterocycles. The van der Waals surface area contributed by atoms with Gasteiger partial charge in [0.1, 0.15) is 17.7 Å². The molecule has 1 amide bonds. The molecule has 1 fully saturated rings. The van der Waals surface area contributed by atoms with Gasteiger partial charge in [0.05, 0.1) is 32.8 Å². The first kappa shape index (κ1) is 23.5. The van der Waals surface area contributed by atoms with E-state index in [1.54, 1.807) is 33.3 Å². The van der Waals surface area contributed by atoms with Crippen molar-refractivity contribution in [3.63, 3.8) is 0 Å². The minimum Gasteiger partial charge on any atom is -0.497 e. The summed E-state index contributed by atoms with van der Waals surface area (Å²) in [5.74, 6) is 1.11. The summed E-state index contributed by atoms with van der Waals surface area (Å²) in [7, 11) is 5.08. The number of carbonyl (C=O) groups is 1. The third kappa shape index (κ3) is 6.43. The lowest BCUT2D eigenvalue weighted by atomic mass is 10.1. The Balaban J connectivity index is 1.79. The highest BCUT2D eigenvalue weighted by Crippen LogP contribution is 2.25. The number of guanidine groups is 1. The highest BCUT2D eigenvalue weighted by molar-refractivity contribution is 5.86. The lowest BCUT2D eigenvalue weighted by Gasteiger charge is -2.39. The van der Waals surface area contributed by atoms with Crippen molar-refractivity contribution >= 4 is 11.9 Å². The molecular weight excluding hydrogens is 411 g/mol. The Morgan fingerprint density at radius 1 is 1.19 bits per heavy atom. The van der Waals surface area contributed by atoms with Crippen molar-refractivity contribution in [2.45, 2.75) is 25.7 Å². The summed E-state index contributed by atoms with van der Waals surface area (Å²) in [5.41, 5.74) is 1.93. The molecule has 2 atom stereocenters. The largest absolute Gasteiger partial charge is 0.497 e. The van der Waals surface area contributed by atoms with Crippen LogP contribution in [-0.2, 0) is 16.1 Å². The Labute approximate surface area is 188 Å². The van der Waals surface area contributed by atoms with Gasteiger partial charge in [0.15, 0.2) is 5.96 Å². The molecule has 0 aliphatic carbocycles. The Bertz CT molecular complexity index is 916. The third-order valence-electron chi connectivity index (χ3n) is 5.27. The minimum atomic E-state index is -0.278. The number of carbonyl (C=O) groups excluding carboxylic acids is 1. The number of nitrogens with one attached hydrogen (secondary N) is 1. The van der Waals surface area contributed by atoms with E-state index in [9.17, 15) is 9.18 Å². The Morgan fingerprint density at radius 2 is 1.88 bits per heavy atom. The molecule has 0 bridgehead atoms. The van der Waals surface area contributed by atoms with Crippen LogP contribution in [-0.4, -0.2) is 68.6 Å². The number of hydrogen-bond acceptors (Lipinski definition) is 4. The van der Waals surface area contributed by atoms with Crippen LogP contribution in [0.5, 0.6) is 5.75 Å². The Hall–Kier alpha value is -3.13. The van der Waals surface area contributed by atoms with Crippen LogP contribution in [0.2, 0.25) is 0 Å². The summed E-state index contributed by atoms with van der Waals surface area (Å²) >= 11 is 0. The van der Waals surface area contributed by atoms with Crippen molar-refractivity contribution in [1.29, 1.82) is 0 Å². The van der Waals surface area contributed by atoms with Crippen molar-refractivity contribution < 1.29 is 18.7 Å². The van der Waals surface area contributed by atoms with E-state index in [2.05, 4.69) is 10.2 Å². The molecule has 1 saturated heterocycles. The van der Waals surface area contributed by atoms with Crippen molar-refractivity contribution in [3.05, 3.63) is 65.5 Å². The number of benzene rings is 2. The van der Waals surface area contributed by atoms with Gasteiger partial charge in [-0.25, -0.2) is 9.38 Å². The molecule has 1 aliphatic heterocycles. The number of ether oxygens (including phenoxy) is 2. The van der Waals surface area contributed by atoms with E-state index in [0.29, 0.717) is 25.6 Å². The Kier molecular flexibility index (Phi) is 8.05.